The summed E-state index contributed by atoms with van der Waals surface area (Å²) in [6.07, 6.45) is 1.99. The lowest BCUT2D eigenvalue weighted by Gasteiger charge is -2.12. The standard InChI is InChI=1S/C14H21N3O/c1-9-7-10(2)12-11(8-9)13(14(18)17-12)16-6-4-3-5-15/h7-8,13,16H,3-6,15H2,1-2H3,(H,17,18). The molecular weight excluding hydrogens is 226 g/mol. The number of carbonyl (C=O) groups excluding carboxylic acids is 1. The zero-order chi connectivity index (χ0) is 13.1. The van der Waals surface area contributed by atoms with Gasteiger partial charge >= 0.3 is 0 Å². The summed E-state index contributed by atoms with van der Waals surface area (Å²) in [5.74, 6) is 0.0476. The lowest BCUT2D eigenvalue weighted by atomic mass is 10.0. The molecule has 1 aromatic carbocycles. The van der Waals surface area contributed by atoms with Gasteiger partial charge < -0.3 is 16.4 Å². The first kappa shape index (κ1) is 13.1. The van der Waals surface area contributed by atoms with Crippen LogP contribution in [-0.4, -0.2) is 19.0 Å². The van der Waals surface area contributed by atoms with E-state index in [1.165, 1.54) is 5.56 Å². The van der Waals surface area contributed by atoms with Gasteiger partial charge in [0.2, 0.25) is 5.91 Å². The highest BCUT2D eigenvalue weighted by Crippen LogP contribution is 2.34. The Hall–Kier alpha value is -1.39. The third kappa shape index (κ3) is 2.54. The first-order valence-electron chi connectivity index (χ1n) is 6.49. The highest BCUT2D eigenvalue weighted by atomic mass is 16.2. The van der Waals surface area contributed by atoms with Crippen LogP contribution >= 0.6 is 0 Å². The van der Waals surface area contributed by atoms with E-state index in [9.17, 15) is 4.79 Å². The van der Waals surface area contributed by atoms with Gasteiger partial charge in [-0.25, -0.2) is 0 Å². The van der Waals surface area contributed by atoms with Gasteiger partial charge in [0, 0.05) is 11.3 Å². The molecule has 98 valence electrons. The van der Waals surface area contributed by atoms with E-state index in [-0.39, 0.29) is 11.9 Å². The quantitative estimate of drug-likeness (QED) is 0.693. The molecule has 0 saturated carbocycles. The van der Waals surface area contributed by atoms with Gasteiger partial charge in [-0.1, -0.05) is 17.7 Å². The Bertz CT molecular complexity index is 457. The van der Waals surface area contributed by atoms with Crippen LogP contribution in [0, 0.1) is 13.8 Å². The van der Waals surface area contributed by atoms with Crippen molar-refractivity contribution in [2.24, 2.45) is 5.73 Å². The number of carbonyl (C=O) groups is 1. The molecule has 1 aromatic rings. The fraction of sp³-hybridized carbons (Fsp3) is 0.500. The maximum atomic E-state index is 12.0. The molecule has 0 aliphatic carbocycles. The number of fused-ring (bicyclic) bond motifs is 1. The Labute approximate surface area is 108 Å². The number of aryl methyl sites for hydroxylation is 2. The van der Waals surface area contributed by atoms with E-state index in [0.717, 1.165) is 36.2 Å². The summed E-state index contributed by atoms with van der Waals surface area (Å²) in [6.45, 7) is 5.61. The molecular formula is C14H21N3O. The van der Waals surface area contributed by atoms with Crippen molar-refractivity contribution in [2.75, 3.05) is 18.4 Å². The number of nitrogens with two attached hydrogens (primary N) is 1. The average molecular weight is 247 g/mol. The summed E-state index contributed by atoms with van der Waals surface area (Å²) in [5.41, 5.74) is 9.83. The minimum atomic E-state index is -0.212. The van der Waals surface area contributed by atoms with E-state index in [1.807, 2.05) is 6.92 Å². The summed E-state index contributed by atoms with van der Waals surface area (Å²) in [4.78, 5) is 12.0. The monoisotopic (exact) mass is 247 g/mol. The molecule has 18 heavy (non-hydrogen) atoms. The van der Waals surface area contributed by atoms with Gasteiger partial charge in [-0.15, -0.1) is 0 Å². The van der Waals surface area contributed by atoms with Crippen molar-refractivity contribution in [1.29, 1.82) is 0 Å². The Morgan fingerprint density at radius 2 is 2.11 bits per heavy atom. The molecule has 0 aromatic heterocycles. The second-order valence-electron chi connectivity index (χ2n) is 4.92. The van der Waals surface area contributed by atoms with Gasteiger partial charge in [0.05, 0.1) is 0 Å². The predicted molar refractivity (Wildman–Crippen MR) is 73.6 cm³/mol. The molecule has 4 nitrogen and oxygen atoms in total. The molecule has 0 saturated heterocycles. The maximum absolute atomic E-state index is 12.0. The molecule has 1 amide bonds. The van der Waals surface area contributed by atoms with Crippen molar-refractivity contribution >= 4 is 11.6 Å². The third-order valence-electron chi connectivity index (χ3n) is 3.31. The number of nitrogens with one attached hydrogen (secondary N) is 2. The largest absolute Gasteiger partial charge is 0.330 e. The van der Waals surface area contributed by atoms with E-state index in [0.29, 0.717) is 6.54 Å². The Morgan fingerprint density at radius 3 is 2.83 bits per heavy atom. The van der Waals surface area contributed by atoms with Gasteiger partial charge in [-0.3, -0.25) is 4.79 Å². The molecule has 2 rings (SSSR count). The second-order valence-corrected chi connectivity index (χ2v) is 4.92. The Kier molecular flexibility index (Phi) is 3.99. The van der Waals surface area contributed by atoms with Crippen molar-refractivity contribution in [1.82, 2.24) is 5.32 Å². The molecule has 1 unspecified atom stereocenters. The normalized spacial score (nSPS) is 17.7. The third-order valence-corrected chi connectivity index (χ3v) is 3.31. The number of amides is 1. The molecule has 0 spiro atoms. The number of anilines is 1. The molecule has 1 heterocycles. The lowest BCUT2D eigenvalue weighted by molar-refractivity contribution is -0.117. The smallest absolute Gasteiger partial charge is 0.246 e. The number of hydrogen-bond acceptors (Lipinski definition) is 3. The summed E-state index contributed by atoms with van der Waals surface area (Å²) in [5, 5.41) is 6.27. The highest BCUT2D eigenvalue weighted by molar-refractivity contribution is 6.03. The van der Waals surface area contributed by atoms with Gasteiger partial charge in [0.1, 0.15) is 6.04 Å². The van der Waals surface area contributed by atoms with Crippen LogP contribution in [-0.2, 0) is 4.79 Å². The van der Waals surface area contributed by atoms with Crippen LogP contribution in [0.3, 0.4) is 0 Å². The van der Waals surface area contributed by atoms with E-state index < -0.39 is 0 Å². The fourth-order valence-corrected chi connectivity index (χ4v) is 2.45. The molecule has 1 aliphatic heterocycles. The van der Waals surface area contributed by atoms with Gasteiger partial charge in [-0.05, 0) is 45.3 Å². The van der Waals surface area contributed by atoms with Crippen LogP contribution in [0.1, 0.15) is 35.6 Å². The van der Waals surface area contributed by atoms with Crippen LogP contribution < -0.4 is 16.4 Å². The summed E-state index contributed by atoms with van der Waals surface area (Å²) >= 11 is 0. The van der Waals surface area contributed by atoms with Crippen molar-refractivity contribution in [3.63, 3.8) is 0 Å². The zero-order valence-corrected chi connectivity index (χ0v) is 11.0. The first-order valence-corrected chi connectivity index (χ1v) is 6.49. The molecule has 4 heteroatoms. The first-order chi connectivity index (χ1) is 8.63. The number of unbranched alkanes of at least 4 members (excludes halogenated alkanes) is 1. The minimum Gasteiger partial charge on any atom is -0.330 e. The average Bonchev–Trinajstić information content (AvgIpc) is 2.62. The molecule has 0 bridgehead atoms. The van der Waals surface area contributed by atoms with E-state index in [1.54, 1.807) is 0 Å². The summed E-state index contributed by atoms with van der Waals surface area (Å²) < 4.78 is 0. The molecule has 4 N–H and O–H groups in total. The molecule has 1 atom stereocenters. The van der Waals surface area contributed by atoms with E-state index >= 15 is 0 Å². The van der Waals surface area contributed by atoms with Crippen LogP contribution in [0.15, 0.2) is 12.1 Å². The second kappa shape index (κ2) is 5.50. The number of rotatable bonds is 5. The Morgan fingerprint density at radius 1 is 1.33 bits per heavy atom. The van der Waals surface area contributed by atoms with Crippen molar-refractivity contribution in [3.8, 4) is 0 Å². The zero-order valence-electron chi connectivity index (χ0n) is 11.0. The van der Waals surface area contributed by atoms with Crippen molar-refractivity contribution < 1.29 is 4.79 Å². The minimum absolute atomic E-state index is 0.0476. The summed E-state index contributed by atoms with van der Waals surface area (Å²) in [6, 6.07) is 3.97. The lowest BCUT2D eigenvalue weighted by Crippen LogP contribution is -2.28. The van der Waals surface area contributed by atoms with Crippen LogP contribution in [0.5, 0.6) is 0 Å². The number of benzene rings is 1. The summed E-state index contributed by atoms with van der Waals surface area (Å²) in [7, 11) is 0. The maximum Gasteiger partial charge on any atom is 0.246 e. The molecule has 1 aliphatic rings. The topological polar surface area (TPSA) is 67.1 Å². The van der Waals surface area contributed by atoms with Crippen LogP contribution in [0.4, 0.5) is 5.69 Å². The van der Waals surface area contributed by atoms with Gasteiger partial charge in [0.15, 0.2) is 0 Å². The van der Waals surface area contributed by atoms with Gasteiger partial charge in [0.25, 0.3) is 0 Å². The van der Waals surface area contributed by atoms with Crippen LogP contribution in [0.2, 0.25) is 0 Å². The predicted octanol–water partition coefficient (Wildman–Crippen LogP) is 1.63. The van der Waals surface area contributed by atoms with E-state index in [2.05, 4.69) is 29.7 Å². The highest BCUT2D eigenvalue weighted by Gasteiger charge is 2.30. The van der Waals surface area contributed by atoms with Gasteiger partial charge in [-0.2, -0.15) is 0 Å². The fourth-order valence-electron chi connectivity index (χ4n) is 2.45. The SMILES string of the molecule is Cc1cc(C)c2c(c1)C(NCCCCN)C(=O)N2. The number of hydrogen-bond donors (Lipinski definition) is 3. The van der Waals surface area contributed by atoms with Crippen molar-refractivity contribution in [2.45, 2.75) is 32.7 Å². The van der Waals surface area contributed by atoms with Crippen LogP contribution in [0.25, 0.3) is 0 Å². The molecule has 0 radical (unpaired) electrons. The van der Waals surface area contributed by atoms with E-state index in [4.69, 9.17) is 5.73 Å². The van der Waals surface area contributed by atoms with Crippen molar-refractivity contribution in [3.05, 3.63) is 28.8 Å². The Balaban J connectivity index is 2.12. The molecule has 0 fully saturated rings.